The van der Waals surface area contributed by atoms with E-state index in [0.29, 0.717) is 30.1 Å². The van der Waals surface area contributed by atoms with Crippen molar-refractivity contribution >= 4 is 29.9 Å². The molecule has 0 aliphatic carbocycles. The van der Waals surface area contributed by atoms with Crippen molar-refractivity contribution in [2.24, 2.45) is 5.73 Å². The molecule has 0 heterocycles. The van der Waals surface area contributed by atoms with Crippen LogP contribution in [0.2, 0.25) is 0 Å². The molecule has 158 valence electrons. The fourth-order valence-electron chi connectivity index (χ4n) is 2.60. The van der Waals surface area contributed by atoms with Crippen LogP contribution in [0.4, 0.5) is 5.69 Å². The van der Waals surface area contributed by atoms with Crippen LogP contribution < -0.4 is 21.1 Å². The van der Waals surface area contributed by atoms with Crippen molar-refractivity contribution < 1.29 is 14.3 Å². The molecule has 0 radical (unpaired) electrons. The molecular weight excluding hydrogens is 390 g/mol. The van der Waals surface area contributed by atoms with Gasteiger partial charge in [0.25, 0.3) is 11.8 Å². The molecule has 0 saturated heterocycles. The number of carbonyl (C=O) groups is 2. The van der Waals surface area contributed by atoms with Crippen LogP contribution in [0.25, 0.3) is 0 Å². The summed E-state index contributed by atoms with van der Waals surface area (Å²) in [5.41, 5.74) is 7.35. The monoisotopic (exact) mass is 419 g/mol. The molecule has 0 aliphatic rings. The number of nitrogens with one attached hydrogen (secondary N) is 2. The quantitative estimate of drug-likeness (QED) is 0.640. The minimum absolute atomic E-state index is 0. The number of ether oxygens (including phenoxy) is 1. The summed E-state index contributed by atoms with van der Waals surface area (Å²) in [5, 5.41) is 5.48. The highest BCUT2D eigenvalue weighted by Crippen LogP contribution is 2.26. The number of hydrogen-bond acceptors (Lipinski definition) is 4. The van der Waals surface area contributed by atoms with E-state index in [9.17, 15) is 9.59 Å². The highest BCUT2D eigenvalue weighted by Gasteiger charge is 2.19. The Labute approximate surface area is 178 Å². The molecule has 0 bridgehead atoms. The second-order valence-electron chi connectivity index (χ2n) is 7.62. The molecule has 2 aromatic rings. The van der Waals surface area contributed by atoms with Crippen LogP contribution in [0.5, 0.6) is 5.75 Å². The van der Waals surface area contributed by atoms with Gasteiger partial charge < -0.3 is 21.1 Å². The van der Waals surface area contributed by atoms with Crippen LogP contribution in [0.3, 0.4) is 0 Å². The molecule has 6 nitrogen and oxygen atoms in total. The van der Waals surface area contributed by atoms with Crippen molar-refractivity contribution in [3.05, 3.63) is 59.7 Å². The Hall–Kier alpha value is -2.57. The Bertz CT molecular complexity index is 834. The highest BCUT2D eigenvalue weighted by molar-refractivity contribution is 6.04. The third kappa shape index (κ3) is 7.07. The molecule has 1 unspecified atom stereocenters. The van der Waals surface area contributed by atoms with Gasteiger partial charge in [0.1, 0.15) is 5.75 Å². The SMILES string of the molecule is CC(Oc1cccc(C(C)(C)C)c1)C(=O)Nc1ccccc1C(=O)NCCN.Cl. The van der Waals surface area contributed by atoms with Gasteiger partial charge in [-0.2, -0.15) is 0 Å². The van der Waals surface area contributed by atoms with Crippen LogP contribution >= 0.6 is 12.4 Å². The Kier molecular flexibility index (Phi) is 9.14. The number of benzene rings is 2. The van der Waals surface area contributed by atoms with E-state index in [1.165, 1.54) is 0 Å². The maximum absolute atomic E-state index is 12.6. The van der Waals surface area contributed by atoms with E-state index in [1.807, 2.05) is 24.3 Å². The predicted molar refractivity (Wildman–Crippen MR) is 119 cm³/mol. The van der Waals surface area contributed by atoms with Gasteiger partial charge >= 0.3 is 0 Å². The lowest BCUT2D eigenvalue weighted by atomic mass is 9.87. The molecule has 0 aliphatic heterocycles. The molecule has 0 aromatic heterocycles. The average molecular weight is 420 g/mol. The number of halogens is 1. The van der Waals surface area contributed by atoms with Gasteiger partial charge in [-0.25, -0.2) is 0 Å². The number of anilines is 1. The standard InChI is InChI=1S/C22H29N3O3.ClH/c1-15(28-17-9-7-8-16(14-17)22(2,3)4)20(26)25-19-11-6-5-10-18(19)21(27)24-13-12-23;/h5-11,14-15H,12-13,23H2,1-4H3,(H,24,27)(H,25,26);1H. The summed E-state index contributed by atoms with van der Waals surface area (Å²) in [6, 6.07) is 14.6. The largest absolute Gasteiger partial charge is 0.481 e. The maximum atomic E-state index is 12.6. The highest BCUT2D eigenvalue weighted by atomic mass is 35.5. The van der Waals surface area contributed by atoms with E-state index in [2.05, 4.69) is 31.4 Å². The number of nitrogens with two attached hydrogens (primary N) is 1. The Morgan fingerprint density at radius 2 is 1.79 bits per heavy atom. The fourth-order valence-corrected chi connectivity index (χ4v) is 2.60. The lowest BCUT2D eigenvalue weighted by Gasteiger charge is -2.21. The third-order valence-electron chi connectivity index (χ3n) is 4.24. The third-order valence-corrected chi connectivity index (χ3v) is 4.24. The molecule has 1 atom stereocenters. The summed E-state index contributed by atoms with van der Waals surface area (Å²) >= 11 is 0. The zero-order chi connectivity index (χ0) is 20.7. The molecular formula is C22H30ClN3O3. The van der Waals surface area contributed by atoms with Crippen molar-refractivity contribution in [3.8, 4) is 5.75 Å². The van der Waals surface area contributed by atoms with Gasteiger partial charge in [-0.05, 0) is 42.2 Å². The van der Waals surface area contributed by atoms with Gasteiger partial charge in [0.2, 0.25) is 0 Å². The summed E-state index contributed by atoms with van der Waals surface area (Å²) in [6.07, 6.45) is -0.727. The van der Waals surface area contributed by atoms with Gasteiger partial charge in [0.05, 0.1) is 11.3 Å². The Morgan fingerprint density at radius 3 is 2.45 bits per heavy atom. The first-order chi connectivity index (χ1) is 13.2. The van der Waals surface area contributed by atoms with Gasteiger partial charge in [0.15, 0.2) is 6.10 Å². The van der Waals surface area contributed by atoms with E-state index in [1.54, 1.807) is 31.2 Å². The molecule has 4 N–H and O–H groups in total. The van der Waals surface area contributed by atoms with Crippen molar-refractivity contribution in [1.29, 1.82) is 0 Å². The van der Waals surface area contributed by atoms with E-state index in [-0.39, 0.29) is 29.6 Å². The second-order valence-corrected chi connectivity index (χ2v) is 7.62. The van der Waals surface area contributed by atoms with E-state index in [0.717, 1.165) is 5.56 Å². The van der Waals surface area contributed by atoms with Gasteiger partial charge in [-0.15, -0.1) is 12.4 Å². The predicted octanol–water partition coefficient (Wildman–Crippen LogP) is 3.50. The maximum Gasteiger partial charge on any atom is 0.265 e. The smallest absolute Gasteiger partial charge is 0.265 e. The Balaban J connectivity index is 0.00000420. The first-order valence-corrected chi connectivity index (χ1v) is 9.37. The number of hydrogen-bond donors (Lipinski definition) is 3. The lowest BCUT2D eigenvalue weighted by molar-refractivity contribution is -0.122. The number of rotatable bonds is 7. The van der Waals surface area contributed by atoms with Crippen molar-refractivity contribution in [2.75, 3.05) is 18.4 Å². The number of amides is 2. The molecule has 2 amide bonds. The molecule has 0 fully saturated rings. The summed E-state index contributed by atoms with van der Waals surface area (Å²) in [6.45, 7) is 8.75. The lowest BCUT2D eigenvalue weighted by Crippen LogP contribution is -2.33. The number of carbonyl (C=O) groups excluding carboxylic acids is 2. The van der Waals surface area contributed by atoms with E-state index in [4.69, 9.17) is 10.5 Å². The summed E-state index contributed by atoms with van der Waals surface area (Å²) < 4.78 is 5.82. The summed E-state index contributed by atoms with van der Waals surface area (Å²) in [5.74, 6) is 0.0112. The molecule has 29 heavy (non-hydrogen) atoms. The van der Waals surface area contributed by atoms with E-state index < -0.39 is 6.10 Å². The normalized spacial score (nSPS) is 11.8. The zero-order valence-electron chi connectivity index (χ0n) is 17.3. The summed E-state index contributed by atoms with van der Waals surface area (Å²) in [4.78, 5) is 24.8. The molecule has 2 rings (SSSR count). The van der Waals surface area contributed by atoms with E-state index >= 15 is 0 Å². The van der Waals surface area contributed by atoms with Crippen molar-refractivity contribution in [3.63, 3.8) is 0 Å². The van der Waals surface area contributed by atoms with Crippen LogP contribution in [0.15, 0.2) is 48.5 Å². The topological polar surface area (TPSA) is 93.4 Å². The number of para-hydroxylation sites is 1. The fraction of sp³-hybridized carbons (Fsp3) is 0.364. The second kappa shape index (κ2) is 10.8. The molecule has 0 spiro atoms. The average Bonchev–Trinajstić information content (AvgIpc) is 2.66. The molecule has 0 saturated carbocycles. The zero-order valence-corrected chi connectivity index (χ0v) is 18.1. The van der Waals surface area contributed by atoms with Crippen molar-refractivity contribution in [2.45, 2.75) is 39.2 Å². The van der Waals surface area contributed by atoms with Crippen LogP contribution in [-0.4, -0.2) is 31.0 Å². The molecule has 7 heteroatoms. The van der Waals surface area contributed by atoms with Gasteiger partial charge in [-0.3, -0.25) is 9.59 Å². The molecule has 2 aromatic carbocycles. The van der Waals surface area contributed by atoms with Gasteiger partial charge in [-0.1, -0.05) is 45.0 Å². The first-order valence-electron chi connectivity index (χ1n) is 9.37. The van der Waals surface area contributed by atoms with Crippen molar-refractivity contribution in [1.82, 2.24) is 5.32 Å². The minimum Gasteiger partial charge on any atom is -0.481 e. The minimum atomic E-state index is -0.727. The van der Waals surface area contributed by atoms with Crippen LogP contribution in [0, 0.1) is 0 Å². The van der Waals surface area contributed by atoms with Crippen LogP contribution in [0.1, 0.15) is 43.6 Å². The first kappa shape index (κ1) is 24.5. The van der Waals surface area contributed by atoms with Crippen LogP contribution in [-0.2, 0) is 10.2 Å². The Morgan fingerprint density at radius 1 is 1.10 bits per heavy atom. The van der Waals surface area contributed by atoms with Gasteiger partial charge in [0, 0.05) is 13.1 Å². The summed E-state index contributed by atoms with van der Waals surface area (Å²) in [7, 11) is 0.